The van der Waals surface area contributed by atoms with Crippen LogP contribution in [0, 0.1) is 0 Å². The summed E-state index contributed by atoms with van der Waals surface area (Å²) in [5.74, 6) is 2.44. The van der Waals surface area contributed by atoms with Gasteiger partial charge in [0, 0.05) is 19.6 Å². The van der Waals surface area contributed by atoms with Crippen LogP contribution in [-0.4, -0.2) is 38.8 Å². The third kappa shape index (κ3) is 8.29. The minimum absolute atomic E-state index is 0. The van der Waals surface area contributed by atoms with Crippen molar-refractivity contribution in [3.05, 3.63) is 23.8 Å². The number of halogens is 1. The van der Waals surface area contributed by atoms with Crippen molar-refractivity contribution < 1.29 is 9.47 Å². The van der Waals surface area contributed by atoms with Gasteiger partial charge in [-0.1, -0.05) is 6.07 Å². The smallest absolute Gasteiger partial charge is 0.191 e. The van der Waals surface area contributed by atoms with Gasteiger partial charge in [0.15, 0.2) is 17.5 Å². The van der Waals surface area contributed by atoms with Crippen LogP contribution in [-0.2, 0) is 6.42 Å². The summed E-state index contributed by atoms with van der Waals surface area (Å²) in [6, 6.07) is 6.47. The standard InChI is InChI=1S/C17H29N3O2.HI/c1-6-21-15-9-8-14(12-16(15)22-7-2)10-11-19-17(18-5)20-13(3)4;/h8-9,12-13H,6-7,10-11H2,1-5H3,(H2,18,19,20);1H. The van der Waals surface area contributed by atoms with E-state index in [-0.39, 0.29) is 24.0 Å². The number of nitrogens with zero attached hydrogens (tertiary/aromatic N) is 1. The molecular formula is C17H30IN3O2. The zero-order valence-corrected chi connectivity index (χ0v) is 17.1. The van der Waals surface area contributed by atoms with Gasteiger partial charge in [0.25, 0.3) is 0 Å². The molecule has 0 aliphatic rings. The van der Waals surface area contributed by atoms with Gasteiger partial charge in [-0.05, 0) is 51.8 Å². The Balaban J connectivity index is 0.00000484. The molecule has 0 radical (unpaired) electrons. The van der Waals surface area contributed by atoms with Gasteiger partial charge >= 0.3 is 0 Å². The summed E-state index contributed by atoms with van der Waals surface area (Å²) in [6.07, 6.45) is 0.894. The lowest BCUT2D eigenvalue weighted by Gasteiger charge is -2.15. The Hall–Kier alpha value is -1.18. The SMILES string of the molecule is CCOc1ccc(CCNC(=NC)NC(C)C)cc1OCC.I. The monoisotopic (exact) mass is 435 g/mol. The summed E-state index contributed by atoms with van der Waals surface area (Å²) >= 11 is 0. The summed E-state index contributed by atoms with van der Waals surface area (Å²) in [5.41, 5.74) is 1.21. The first-order valence-corrected chi connectivity index (χ1v) is 7.96. The molecular weight excluding hydrogens is 405 g/mol. The Labute approximate surface area is 157 Å². The second kappa shape index (κ2) is 12.3. The average molecular weight is 435 g/mol. The van der Waals surface area contributed by atoms with Crippen LogP contribution < -0.4 is 20.1 Å². The quantitative estimate of drug-likeness (QED) is 0.374. The molecule has 2 N–H and O–H groups in total. The lowest BCUT2D eigenvalue weighted by molar-refractivity contribution is 0.287. The van der Waals surface area contributed by atoms with Crippen LogP contribution >= 0.6 is 24.0 Å². The molecule has 0 aromatic heterocycles. The fourth-order valence-corrected chi connectivity index (χ4v) is 2.04. The zero-order valence-electron chi connectivity index (χ0n) is 14.8. The topological polar surface area (TPSA) is 54.9 Å². The molecule has 1 aromatic rings. The minimum Gasteiger partial charge on any atom is -0.490 e. The minimum atomic E-state index is 0. The molecule has 23 heavy (non-hydrogen) atoms. The van der Waals surface area contributed by atoms with E-state index in [4.69, 9.17) is 9.47 Å². The van der Waals surface area contributed by atoms with Crippen LogP contribution in [0.1, 0.15) is 33.3 Å². The van der Waals surface area contributed by atoms with E-state index in [1.165, 1.54) is 5.56 Å². The first-order chi connectivity index (χ1) is 10.6. The van der Waals surface area contributed by atoms with E-state index in [9.17, 15) is 0 Å². The third-order valence-corrected chi connectivity index (χ3v) is 2.96. The molecule has 0 aliphatic carbocycles. The summed E-state index contributed by atoms with van der Waals surface area (Å²) in [7, 11) is 1.78. The van der Waals surface area contributed by atoms with Gasteiger partial charge in [0.2, 0.25) is 0 Å². The lowest BCUT2D eigenvalue weighted by Crippen LogP contribution is -2.41. The van der Waals surface area contributed by atoms with Gasteiger partial charge in [-0.15, -0.1) is 24.0 Å². The van der Waals surface area contributed by atoms with Crippen molar-refractivity contribution in [2.45, 2.75) is 40.2 Å². The zero-order chi connectivity index (χ0) is 16.4. The Morgan fingerprint density at radius 2 is 1.78 bits per heavy atom. The van der Waals surface area contributed by atoms with E-state index in [0.29, 0.717) is 19.3 Å². The van der Waals surface area contributed by atoms with E-state index in [1.54, 1.807) is 7.05 Å². The van der Waals surface area contributed by atoms with Crippen molar-refractivity contribution in [2.24, 2.45) is 4.99 Å². The number of aliphatic imine (C=N–C) groups is 1. The predicted octanol–water partition coefficient (Wildman–Crippen LogP) is 3.22. The summed E-state index contributed by atoms with van der Waals surface area (Å²) in [4.78, 5) is 4.19. The van der Waals surface area contributed by atoms with E-state index >= 15 is 0 Å². The van der Waals surface area contributed by atoms with Crippen LogP contribution in [0.5, 0.6) is 11.5 Å². The van der Waals surface area contributed by atoms with Crippen molar-refractivity contribution in [3.63, 3.8) is 0 Å². The van der Waals surface area contributed by atoms with E-state index < -0.39 is 0 Å². The van der Waals surface area contributed by atoms with Crippen molar-refractivity contribution in [2.75, 3.05) is 26.8 Å². The molecule has 0 atom stereocenters. The highest BCUT2D eigenvalue weighted by Crippen LogP contribution is 2.28. The van der Waals surface area contributed by atoms with Crippen molar-refractivity contribution in [1.29, 1.82) is 0 Å². The largest absolute Gasteiger partial charge is 0.490 e. The number of hydrogen-bond donors (Lipinski definition) is 2. The molecule has 6 heteroatoms. The Morgan fingerprint density at radius 1 is 1.13 bits per heavy atom. The Kier molecular flexibility index (Phi) is 11.6. The number of rotatable bonds is 8. The molecule has 0 saturated heterocycles. The maximum atomic E-state index is 5.65. The van der Waals surface area contributed by atoms with Gasteiger partial charge in [0.05, 0.1) is 13.2 Å². The number of benzene rings is 1. The van der Waals surface area contributed by atoms with Crippen molar-refractivity contribution >= 4 is 29.9 Å². The molecule has 0 unspecified atom stereocenters. The maximum absolute atomic E-state index is 5.65. The molecule has 0 saturated carbocycles. The number of nitrogens with one attached hydrogen (secondary N) is 2. The first kappa shape index (κ1) is 21.8. The molecule has 0 fully saturated rings. The normalized spacial score (nSPS) is 11.0. The van der Waals surface area contributed by atoms with Crippen LogP contribution in [0.3, 0.4) is 0 Å². The first-order valence-electron chi connectivity index (χ1n) is 7.96. The van der Waals surface area contributed by atoms with Gasteiger partial charge in [-0.25, -0.2) is 0 Å². The molecule has 5 nitrogen and oxygen atoms in total. The number of guanidine groups is 1. The second-order valence-corrected chi connectivity index (χ2v) is 5.20. The van der Waals surface area contributed by atoms with Crippen molar-refractivity contribution in [1.82, 2.24) is 10.6 Å². The molecule has 0 amide bonds. The molecule has 132 valence electrons. The van der Waals surface area contributed by atoms with Gasteiger partial charge in [-0.3, -0.25) is 4.99 Å². The molecule has 0 aliphatic heterocycles. The summed E-state index contributed by atoms with van der Waals surface area (Å²) in [5, 5.41) is 6.57. The maximum Gasteiger partial charge on any atom is 0.191 e. The highest BCUT2D eigenvalue weighted by atomic mass is 127. The van der Waals surface area contributed by atoms with Gasteiger partial charge in [0.1, 0.15) is 0 Å². The highest BCUT2D eigenvalue weighted by Gasteiger charge is 2.06. The predicted molar refractivity (Wildman–Crippen MR) is 108 cm³/mol. The van der Waals surface area contributed by atoms with Crippen LogP contribution in [0.4, 0.5) is 0 Å². The Morgan fingerprint density at radius 3 is 2.35 bits per heavy atom. The van der Waals surface area contributed by atoms with Gasteiger partial charge < -0.3 is 20.1 Å². The molecule has 0 heterocycles. The molecule has 1 aromatic carbocycles. The highest BCUT2D eigenvalue weighted by molar-refractivity contribution is 14.0. The summed E-state index contributed by atoms with van der Waals surface area (Å²) < 4.78 is 11.2. The van der Waals surface area contributed by atoms with E-state index in [0.717, 1.165) is 30.4 Å². The lowest BCUT2D eigenvalue weighted by atomic mass is 10.1. The van der Waals surface area contributed by atoms with E-state index in [1.807, 2.05) is 19.9 Å². The fourth-order valence-electron chi connectivity index (χ4n) is 2.04. The second-order valence-electron chi connectivity index (χ2n) is 5.20. The summed E-state index contributed by atoms with van der Waals surface area (Å²) in [6.45, 7) is 10.2. The number of ether oxygens (including phenoxy) is 2. The van der Waals surface area contributed by atoms with Crippen LogP contribution in [0.2, 0.25) is 0 Å². The van der Waals surface area contributed by atoms with E-state index in [2.05, 4.69) is 41.6 Å². The third-order valence-electron chi connectivity index (χ3n) is 2.96. The number of hydrogen-bond acceptors (Lipinski definition) is 3. The fraction of sp³-hybridized carbons (Fsp3) is 0.588. The van der Waals surface area contributed by atoms with Crippen LogP contribution in [0.15, 0.2) is 23.2 Å². The molecule has 0 bridgehead atoms. The van der Waals surface area contributed by atoms with Gasteiger partial charge in [-0.2, -0.15) is 0 Å². The molecule has 0 spiro atoms. The Bertz CT molecular complexity index is 479. The average Bonchev–Trinajstić information content (AvgIpc) is 2.48. The van der Waals surface area contributed by atoms with Crippen molar-refractivity contribution in [3.8, 4) is 11.5 Å². The molecule has 1 rings (SSSR count). The van der Waals surface area contributed by atoms with Crippen LogP contribution in [0.25, 0.3) is 0 Å².